The minimum Gasteiger partial charge on any atom is -0.0996 e. The van der Waals surface area contributed by atoms with Crippen molar-refractivity contribution in [2.75, 3.05) is 0 Å². The first-order chi connectivity index (χ1) is 9.96. The average molecular weight is 291 g/mol. The second kappa shape index (κ2) is 11.8. The highest BCUT2D eigenvalue weighted by Crippen LogP contribution is 2.26. The summed E-state index contributed by atoms with van der Waals surface area (Å²) in [6.45, 7) is 17.9. The molecule has 0 fully saturated rings. The van der Waals surface area contributed by atoms with Crippen molar-refractivity contribution in [3.8, 4) is 0 Å². The van der Waals surface area contributed by atoms with Crippen LogP contribution >= 0.6 is 0 Å². The van der Waals surface area contributed by atoms with Crippen molar-refractivity contribution in [2.24, 2.45) is 11.8 Å². The molecule has 0 aliphatic rings. The van der Waals surface area contributed by atoms with Gasteiger partial charge in [0.1, 0.15) is 0 Å². The van der Waals surface area contributed by atoms with E-state index < -0.39 is 0 Å². The quantitative estimate of drug-likeness (QED) is 0.346. The van der Waals surface area contributed by atoms with Gasteiger partial charge in [-0.15, -0.1) is 0 Å². The van der Waals surface area contributed by atoms with E-state index in [9.17, 15) is 0 Å². The maximum atomic E-state index is 4.32. The van der Waals surface area contributed by atoms with E-state index in [1.54, 1.807) is 5.57 Å². The molecule has 122 valence electrons. The third-order valence-corrected chi connectivity index (χ3v) is 4.57. The Bertz CT molecular complexity index is 343. The van der Waals surface area contributed by atoms with Gasteiger partial charge < -0.3 is 0 Å². The minimum absolute atomic E-state index is 0.620. The number of rotatable bonds is 11. The fourth-order valence-electron chi connectivity index (χ4n) is 3.12. The van der Waals surface area contributed by atoms with Crippen molar-refractivity contribution in [1.29, 1.82) is 0 Å². The monoisotopic (exact) mass is 290 g/mol. The highest BCUT2D eigenvalue weighted by Gasteiger charge is 2.10. The minimum atomic E-state index is 0.620. The van der Waals surface area contributed by atoms with Gasteiger partial charge in [-0.3, -0.25) is 0 Å². The summed E-state index contributed by atoms with van der Waals surface area (Å²) in [5.74, 6) is 1.37. The lowest BCUT2D eigenvalue weighted by atomic mass is 9.88. The Kier molecular flexibility index (Phi) is 11.4. The smallest absolute Gasteiger partial charge is 0.0197 e. The van der Waals surface area contributed by atoms with Crippen molar-refractivity contribution in [3.63, 3.8) is 0 Å². The average Bonchev–Trinajstić information content (AvgIpc) is 2.43. The molecule has 0 spiro atoms. The molecule has 21 heavy (non-hydrogen) atoms. The first-order valence-corrected chi connectivity index (χ1v) is 8.94. The van der Waals surface area contributed by atoms with E-state index in [1.165, 1.54) is 49.7 Å². The summed E-state index contributed by atoms with van der Waals surface area (Å²) in [5.41, 5.74) is 4.58. The SMILES string of the molecule is C=C(CCC/C(=C\C)C(C)CCC)C(C)C/C(C)=C/CC. The van der Waals surface area contributed by atoms with Gasteiger partial charge in [0.25, 0.3) is 0 Å². The zero-order valence-corrected chi connectivity index (χ0v) is 15.5. The Hall–Kier alpha value is -0.780. The lowest BCUT2D eigenvalue weighted by molar-refractivity contribution is 0.559. The highest BCUT2D eigenvalue weighted by atomic mass is 14.2. The largest absolute Gasteiger partial charge is 0.0996 e. The van der Waals surface area contributed by atoms with Crippen LogP contribution in [-0.4, -0.2) is 0 Å². The fraction of sp³-hybridized carbons (Fsp3) is 0.714. The summed E-state index contributed by atoms with van der Waals surface area (Å²) in [7, 11) is 0. The lowest BCUT2D eigenvalue weighted by Gasteiger charge is -2.18. The molecule has 0 nitrogen and oxygen atoms in total. The van der Waals surface area contributed by atoms with Crippen LogP contribution in [0.25, 0.3) is 0 Å². The summed E-state index contributed by atoms with van der Waals surface area (Å²) in [6.07, 6.45) is 13.3. The van der Waals surface area contributed by atoms with Crippen LogP contribution in [0.5, 0.6) is 0 Å². The van der Waals surface area contributed by atoms with Gasteiger partial charge in [0.05, 0.1) is 0 Å². The molecule has 0 bridgehead atoms. The second-order valence-corrected chi connectivity index (χ2v) is 6.63. The molecule has 0 saturated carbocycles. The first kappa shape index (κ1) is 20.2. The Morgan fingerprint density at radius 2 is 1.76 bits per heavy atom. The highest BCUT2D eigenvalue weighted by molar-refractivity contribution is 5.09. The van der Waals surface area contributed by atoms with Crippen LogP contribution in [0, 0.1) is 11.8 Å². The standard InChI is InChI=1S/C21H38/c1-8-12-17(4)16-20(7)18(5)14-11-15-21(10-3)19(6)13-9-2/h10,12,19-20H,5,8-9,11,13-16H2,1-4,6-7H3/b17-12+,21-10+. The maximum absolute atomic E-state index is 4.32. The third kappa shape index (κ3) is 8.96. The van der Waals surface area contributed by atoms with Gasteiger partial charge >= 0.3 is 0 Å². The molecule has 0 aromatic rings. The van der Waals surface area contributed by atoms with E-state index in [0.29, 0.717) is 5.92 Å². The summed E-state index contributed by atoms with van der Waals surface area (Å²) in [4.78, 5) is 0. The van der Waals surface area contributed by atoms with Crippen LogP contribution < -0.4 is 0 Å². The molecule has 0 amide bonds. The van der Waals surface area contributed by atoms with Gasteiger partial charge in [-0.1, -0.05) is 69.6 Å². The van der Waals surface area contributed by atoms with Crippen molar-refractivity contribution in [1.82, 2.24) is 0 Å². The van der Waals surface area contributed by atoms with Crippen LogP contribution in [0.3, 0.4) is 0 Å². The summed E-state index contributed by atoms with van der Waals surface area (Å²) in [5, 5.41) is 0. The van der Waals surface area contributed by atoms with Gasteiger partial charge in [-0.2, -0.15) is 0 Å². The Labute approximate surface area is 134 Å². The molecule has 0 heterocycles. The number of hydrogen-bond acceptors (Lipinski definition) is 0. The van der Waals surface area contributed by atoms with E-state index >= 15 is 0 Å². The zero-order valence-electron chi connectivity index (χ0n) is 15.5. The maximum Gasteiger partial charge on any atom is -0.0197 e. The van der Waals surface area contributed by atoms with Crippen LogP contribution in [-0.2, 0) is 0 Å². The van der Waals surface area contributed by atoms with Crippen molar-refractivity contribution >= 4 is 0 Å². The second-order valence-electron chi connectivity index (χ2n) is 6.63. The zero-order chi connectivity index (χ0) is 16.3. The molecular formula is C21H38. The van der Waals surface area contributed by atoms with Gasteiger partial charge in [0.15, 0.2) is 0 Å². The van der Waals surface area contributed by atoms with Crippen molar-refractivity contribution < 1.29 is 0 Å². The predicted octanol–water partition coefficient (Wildman–Crippen LogP) is 7.48. The van der Waals surface area contributed by atoms with E-state index in [4.69, 9.17) is 0 Å². The first-order valence-electron chi connectivity index (χ1n) is 8.94. The normalized spacial score (nSPS) is 15.9. The van der Waals surface area contributed by atoms with E-state index in [1.807, 2.05) is 0 Å². The third-order valence-electron chi connectivity index (χ3n) is 4.57. The molecular weight excluding hydrogens is 252 g/mol. The van der Waals surface area contributed by atoms with E-state index in [-0.39, 0.29) is 0 Å². The molecule has 0 N–H and O–H groups in total. The summed E-state index contributed by atoms with van der Waals surface area (Å²) in [6, 6.07) is 0. The molecule has 0 rings (SSSR count). The molecule has 0 radical (unpaired) electrons. The molecule has 0 saturated heterocycles. The van der Waals surface area contributed by atoms with Gasteiger partial charge in [0, 0.05) is 0 Å². The van der Waals surface area contributed by atoms with Crippen LogP contribution in [0.2, 0.25) is 0 Å². The Balaban J connectivity index is 4.16. The molecule has 0 aromatic heterocycles. The van der Waals surface area contributed by atoms with Gasteiger partial charge in [-0.25, -0.2) is 0 Å². The topological polar surface area (TPSA) is 0 Å². The number of hydrogen-bond donors (Lipinski definition) is 0. The van der Waals surface area contributed by atoms with Gasteiger partial charge in [-0.05, 0) is 64.2 Å². The summed E-state index contributed by atoms with van der Waals surface area (Å²) < 4.78 is 0. The van der Waals surface area contributed by atoms with Crippen LogP contribution in [0.15, 0.2) is 35.5 Å². The van der Waals surface area contributed by atoms with Crippen molar-refractivity contribution in [3.05, 3.63) is 35.5 Å². The van der Waals surface area contributed by atoms with Crippen LogP contribution in [0.4, 0.5) is 0 Å². The van der Waals surface area contributed by atoms with E-state index in [2.05, 4.69) is 60.3 Å². The van der Waals surface area contributed by atoms with E-state index in [0.717, 1.165) is 12.3 Å². The molecule has 0 aliphatic carbocycles. The molecule has 2 atom stereocenters. The van der Waals surface area contributed by atoms with Gasteiger partial charge in [0.2, 0.25) is 0 Å². The van der Waals surface area contributed by atoms with Crippen LogP contribution in [0.1, 0.15) is 86.5 Å². The predicted molar refractivity (Wildman–Crippen MR) is 98.6 cm³/mol. The molecule has 2 unspecified atom stereocenters. The lowest BCUT2D eigenvalue weighted by Crippen LogP contribution is -2.02. The molecule has 0 aromatic carbocycles. The Morgan fingerprint density at radius 3 is 2.29 bits per heavy atom. The van der Waals surface area contributed by atoms with Crippen molar-refractivity contribution in [2.45, 2.75) is 86.5 Å². The molecule has 0 heteroatoms. The number of allylic oxidation sites excluding steroid dienone is 5. The Morgan fingerprint density at radius 1 is 1.10 bits per heavy atom. The summed E-state index contributed by atoms with van der Waals surface area (Å²) >= 11 is 0. The fourth-order valence-corrected chi connectivity index (χ4v) is 3.12. The molecule has 0 aliphatic heterocycles.